The van der Waals surface area contributed by atoms with Gasteiger partial charge in [0.25, 0.3) is 0 Å². The van der Waals surface area contributed by atoms with Crippen LogP contribution in [-0.2, 0) is 19.1 Å². The predicted molar refractivity (Wildman–Crippen MR) is 64.3 cm³/mol. The van der Waals surface area contributed by atoms with Crippen LogP contribution in [0.5, 0.6) is 0 Å². The quantitative estimate of drug-likeness (QED) is 0.341. The Kier molecular flexibility index (Phi) is 4.77. The van der Waals surface area contributed by atoms with Gasteiger partial charge in [-0.15, -0.1) is 11.8 Å². The minimum atomic E-state index is -0.758. The number of rotatable bonds is 3. The van der Waals surface area contributed by atoms with E-state index in [1.54, 1.807) is 6.08 Å². The summed E-state index contributed by atoms with van der Waals surface area (Å²) in [6.07, 6.45) is 4.81. The van der Waals surface area contributed by atoms with E-state index < -0.39 is 11.9 Å². The smallest absolute Gasteiger partial charge is 0.347 e. The maximum absolute atomic E-state index is 11.5. The molecule has 0 atom stereocenters. The molecule has 0 saturated heterocycles. The van der Waals surface area contributed by atoms with Gasteiger partial charge in [0.05, 0.1) is 31.3 Å². The number of thioether (sulfide) groups is 1. The molecule has 7 heteroatoms. The van der Waals surface area contributed by atoms with Gasteiger partial charge < -0.3 is 14.8 Å². The second kappa shape index (κ2) is 6.09. The zero-order chi connectivity index (χ0) is 12.8. The van der Waals surface area contributed by atoms with E-state index in [0.717, 1.165) is 0 Å². The molecule has 17 heavy (non-hydrogen) atoms. The Morgan fingerprint density at radius 3 is 2.35 bits per heavy atom. The standard InChI is InChI=1S/C10H12N2O4S/c1-15-9(13)8(10(14)16-2)6-4-7(17-3)12-5-11-6/h4-5H,1-3H3,(H,11,12). The molecular weight excluding hydrogens is 244 g/mol. The normalized spacial score (nSPS) is 13.6. The monoisotopic (exact) mass is 256 g/mol. The average molecular weight is 256 g/mol. The van der Waals surface area contributed by atoms with E-state index in [1.807, 2.05) is 6.26 Å². The summed E-state index contributed by atoms with van der Waals surface area (Å²) >= 11 is 1.39. The molecule has 0 aromatic heterocycles. The van der Waals surface area contributed by atoms with Crippen LogP contribution in [0.2, 0.25) is 0 Å². The van der Waals surface area contributed by atoms with Crippen molar-refractivity contribution in [2.75, 3.05) is 20.5 Å². The van der Waals surface area contributed by atoms with Crippen molar-refractivity contribution in [1.82, 2.24) is 5.32 Å². The molecule has 0 aliphatic carbocycles. The fourth-order valence-corrected chi connectivity index (χ4v) is 1.53. The average Bonchev–Trinajstić information content (AvgIpc) is 2.38. The molecule has 0 amide bonds. The first-order valence-electron chi connectivity index (χ1n) is 4.59. The van der Waals surface area contributed by atoms with Gasteiger partial charge in [0.15, 0.2) is 5.57 Å². The SMILES string of the molecule is COC(=O)C(C(=O)OC)=C1C=C(SC)N=CN1. The van der Waals surface area contributed by atoms with E-state index in [1.165, 1.54) is 32.3 Å². The molecular formula is C10H12N2O4S. The van der Waals surface area contributed by atoms with Crippen molar-refractivity contribution < 1.29 is 19.1 Å². The van der Waals surface area contributed by atoms with Gasteiger partial charge in [-0.3, -0.25) is 0 Å². The molecule has 0 spiro atoms. The van der Waals surface area contributed by atoms with Crippen LogP contribution in [0.4, 0.5) is 0 Å². The molecule has 0 bridgehead atoms. The highest BCUT2D eigenvalue weighted by atomic mass is 32.2. The molecule has 0 aromatic rings. The molecule has 1 N–H and O–H groups in total. The first-order valence-corrected chi connectivity index (χ1v) is 5.82. The van der Waals surface area contributed by atoms with Crippen LogP contribution in [-0.4, -0.2) is 38.8 Å². The number of hydrogen-bond acceptors (Lipinski definition) is 7. The molecule has 1 aliphatic rings. The second-order valence-electron chi connectivity index (χ2n) is 2.86. The lowest BCUT2D eigenvalue weighted by Gasteiger charge is -2.12. The number of carbonyl (C=O) groups excluding carboxylic acids is 2. The highest BCUT2D eigenvalue weighted by Crippen LogP contribution is 2.19. The van der Waals surface area contributed by atoms with E-state index in [2.05, 4.69) is 19.8 Å². The van der Waals surface area contributed by atoms with Crippen LogP contribution in [0.15, 0.2) is 27.4 Å². The Morgan fingerprint density at radius 1 is 1.29 bits per heavy atom. The maximum Gasteiger partial charge on any atom is 0.347 e. The van der Waals surface area contributed by atoms with Gasteiger partial charge in [-0.2, -0.15) is 0 Å². The third kappa shape index (κ3) is 3.10. The maximum atomic E-state index is 11.5. The van der Waals surface area contributed by atoms with E-state index in [-0.39, 0.29) is 5.57 Å². The minimum absolute atomic E-state index is 0.187. The highest BCUT2D eigenvalue weighted by Gasteiger charge is 2.25. The second-order valence-corrected chi connectivity index (χ2v) is 3.69. The Hall–Kier alpha value is -1.76. The zero-order valence-corrected chi connectivity index (χ0v) is 10.5. The Morgan fingerprint density at radius 2 is 1.88 bits per heavy atom. The number of nitrogens with one attached hydrogen (secondary N) is 1. The van der Waals surface area contributed by atoms with E-state index >= 15 is 0 Å². The summed E-state index contributed by atoms with van der Waals surface area (Å²) in [6, 6.07) is 0. The Balaban J connectivity index is 3.20. The van der Waals surface area contributed by atoms with Crippen LogP contribution in [0.1, 0.15) is 0 Å². The van der Waals surface area contributed by atoms with Gasteiger partial charge in [0, 0.05) is 0 Å². The van der Waals surface area contributed by atoms with Gasteiger partial charge in [-0.1, -0.05) is 0 Å². The molecule has 1 heterocycles. The fraction of sp³-hybridized carbons (Fsp3) is 0.300. The van der Waals surface area contributed by atoms with Gasteiger partial charge in [0.2, 0.25) is 0 Å². The lowest BCUT2D eigenvalue weighted by molar-refractivity contribution is -0.144. The minimum Gasteiger partial charge on any atom is -0.465 e. The van der Waals surface area contributed by atoms with E-state index in [9.17, 15) is 9.59 Å². The van der Waals surface area contributed by atoms with Gasteiger partial charge in [-0.25, -0.2) is 14.6 Å². The number of ether oxygens (including phenoxy) is 2. The molecule has 1 aliphatic heterocycles. The van der Waals surface area contributed by atoms with Crippen LogP contribution in [0, 0.1) is 0 Å². The summed E-state index contributed by atoms with van der Waals surface area (Å²) in [4.78, 5) is 27.0. The number of allylic oxidation sites excluding steroid dienone is 1. The fourth-order valence-electron chi connectivity index (χ4n) is 1.13. The number of aliphatic imine (C=N–C) groups is 1. The van der Waals surface area contributed by atoms with Gasteiger partial charge in [-0.05, 0) is 12.3 Å². The molecule has 0 unspecified atom stereocenters. The molecule has 0 aromatic carbocycles. The van der Waals surface area contributed by atoms with Crippen molar-refractivity contribution in [1.29, 1.82) is 0 Å². The number of methoxy groups -OCH3 is 2. The van der Waals surface area contributed by atoms with Crippen LogP contribution in [0.25, 0.3) is 0 Å². The Labute approximate surface area is 103 Å². The van der Waals surface area contributed by atoms with E-state index in [0.29, 0.717) is 10.7 Å². The van der Waals surface area contributed by atoms with Crippen molar-refractivity contribution in [3.05, 3.63) is 22.4 Å². The highest BCUT2D eigenvalue weighted by molar-refractivity contribution is 8.02. The molecule has 92 valence electrons. The van der Waals surface area contributed by atoms with Crippen molar-refractivity contribution in [2.45, 2.75) is 0 Å². The summed E-state index contributed by atoms with van der Waals surface area (Å²) in [5, 5.41) is 3.38. The predicted octanol–water partition coefficient (Wildman–Crippen LogP) is 0.422. The molecule has 1 rings (SSSR count). The zero-order valence-electron chi connectivity index (χ0n) is 9.64. The van der Waals surface area contributed by atoms with E-state index in [4.69, 9.17) is 0 Å². The molecule has 0 fully saturated rings. The summed E-state index contributed by atoms with van der Waals surface area (Å²) in [6.45, 7) is 0. The summed E-state index contributed by atoms with van der Waals surface area (Å²) in [7, 11) is 2.39. The molecule has 0 saturated carbocycles. The Bertz CT molecular complexity index is 408. The van der Waals surface area contributed by atoms with Gasteiger partial charge in [0.1, 0.15) is 0 Å². The topological polar surface area (TPSA) is 77.0 Å². The lowest BCUT2D eigenvalue weighted by atomic mass is 10.2. The summed E-state index contributed by atoms with van der Waals surface area (Å²) < 4.78 is 9.08. The third-order valence-electron chi connectivity index (χ3n) is 1.94. The number of nitrogens with zero attached hydrogens (tertiary/aromatic N) is 1. The van der Waals surface area contributed by atoms with Crippen molar-refractivity contribution in [2.24, 2.45) is 4.99 Å². The molecule has 6 nitrogen and oxygen atoms in total. The summed E-state index contributed by atoms with van der Waals surface area (Å²) in [5.74, 6) is -1.52. The van der Waals surface area contributed by atoms with Crippen molar-refractivity contribution in [3.63, 3.8) is 0 Å². The van der Waals surface area contributed by atoms with Crippen LogP contribution >= 0.6 is 11.8 Å². The number of hydrogen-bond donors (Lipinski definition) is 1. The largest absolute Gasteiger partial charge is 0.465 e. The third-order valence-corrected chi connectivity index (χ3v) is 2.58. The lowest BCUT2D eigenvalue weighted by Crippen LogP contribution is -2.24. The first-order chi connectivity index (χ1) is 8.13. The number of esters is 2. The van der Waals surface area contributed by atoms with Crippen LogP contribution in [0.3, 0.4) is 0 Å². The molecule has 0 radical (unpaired) electrons. The summed E-state index contributed by atoms with van der Waals surface area (Å²) in [5.41, 5.74) is 0.121. The van der Waals surface area contributed by atoms with Gasteiger partial charge >= 0.3 is 11.9 Å². The van der Waals surface area contributed by atoms with Crippen molar-refractivity contribution >= 4 is 30.0 Å². The number of carbonyl (C=O) groups is 2. The van der Waals surface area contributed by atoms with Crippen LogP contribution < -0.4 is 5.32 Å². The van der Waals surface area contributed by atoms with Crippen molar-refractivity contribution in [3.8, 4) is 0 Å². The first kappa shape index (κ1) is 13.3.